The molecule has 2 aliphatic rings. The fourth-order valence-electron chi connectivity index (χ4n) is 6.37. The first-order chi connectivity index (χ1) is 18.8. The molecule has 4 atom stereocenters. The van der Waals surface area contributed by atoms with Gasteiger partial charge in [0.2, 0.25) is 5.91 Å². The minimum absolute atomic E-state index is 0.0328. The molecule has 2 aromatic rings. The Morgan fingerprint density at radius 1 is 1.21 bits per heavy atom. The summed E-state index contributed by atoms with van der Waals surface area (Å²) in [5.74, 6) is -0.0612. The fraction of sp³-hybridized carbons (Fsp3) is 0.548. The minimum Gasteiger partial charge on any atom is -0.453 e. The van der Waals surface area contributed by atoms with Crippen molar-refractivity contribution in [3.63, 3.8) is 0 Å². The van der Waals surface area contributed by atoms with Gasteiger partial charge in [0.05, 0.1) is 12.7 Å². The van der Waals surface area contributed by atoms with E-state index in [1.165, 1.54) is 12.7 Å². The molecule has 1 heterocycles. The smallest absolute Gasteiger partial charge is 0.406 e. The standard InChI is InChI=1S/C31H42ClN3O4/c1-3-21-8-4-9-22(18-21)28-26(11-5-12-27(28)32)31(38,15-7-16-34-30(37)39-2)24-10-6-17-35(20-24)29(36)23-13-14-25(33)19-23/h4-5,8-9,11-12,18,23-25,38H,3,6-7,10,13-17,19-20,33H2,1-2H3,(H,34,37)/t23-,24-,25+,31+/m1/s1. The van der Waals surface area contributed by atoms with Crippen molar-refractivity contribution >= 4 is 23.6 Å². The van der Waals surface area contributed by atoms with Crippen LogP contribution >= 0.6 is 11.6 Å². The van der Waals surface area contributed by atoms with Gasteiger partial charge >= 0.3 is 6.09 Å². The lowest BCUT2D eigenvalue weighted by molar-refractivity contribution is -0.140. The molecule has 0 radical (unpaired) electrons. The second kappa shape index (κ2) is 13.2. The van der Waals surface area contributed by atoms with Crippen LogP contribution in [0.5, 0.6) is 0 Å². The van der Waals surface area contributed by atoms with Crippen LogP contribution in [0.1, 0.15) is 63.0 Å². The summed E-state index contributed by atoms with van der Waals surface area (Å²) in [6.45, 7) is 3.65. The predicted octanol–water partition coefficient (Wildman–Crippen LogP) is 5.26. The molecule has 4 rings (SSSR count). The molecule has 39 heavy (non-hydrogen) atoms. The summed E-state index contributed by atoms with van der Waals surface area (Å²) in [6.07, 6.45) is 5.38. The van der Waals surface area contributed by atoms with E-state index in [1.54, 1.807) is 0 Å². The Morgan fingerprint density at radius 3 is 2.72 bits per heavy atom. The topological polar surface area (TPSA) is 105 Å². The molecular weight excluding hydrogens is 514 g/mol. The molecule has 0 bridgehead atoms. The SMILES string of the molecule is CCc1cccc(-c2c(Cl)cccc2[C@](O)(CCCNC(=O)OC)[C@@H]2CCCN(C(=O)[C@@H]3CC[C@H](N)C3)C2)c1. The van der Waals surface area contributed by atoms with E-state index in [4.69, 9.17) is 22.1 Å². The molecule has 1 aliphatic carbocycles. The number of methoxy groups -OCH3 is 1. The number of carbonyl (C=O) groups excluding carboxylic acids is 2. The molecule has 1 saturated heterocycles. The van der Waals surface area contributed by atoms with Gasteiger partial charge in [-0.15, -0.1) is 0 Å². The molecule has 2 fully saturated rings. The number of carbonyl (C=O) groups is 2. The molecule has 2 amide bonds. The maximum atomic E-state index is 13.4. The number of amides is 2. The molecule has 1 saturated carbocycles. The number of hydrogen-bond donors (Lipinski definition) is 3. The number of aliphatic hydroxyl groups is 1. The molecule has 7 nitrogen and oxygen atoms in total. The van der Waals surface area contributed by atoms with E-state index in [2.05, 4.69) is 24.4 Å². The minimum atomic E-state index is -1.26. The van der Waals surface area contributed by atoms with Gasteiger partial charge in [-0.3, -0.25) is 4.79 Å². The maximum absolute atomic E-state index is 13.4. The van der Waals surface area contributed by atoms with E-state index >= 15 is 0 Å². The number of hydrogen-bond acceptors (Lipinski definition) is 5. The van der Waals surface area contributed by atoms with Gasteiger partial charge in [-0.25, -0.2) is 4.79 Å². The van der Waals surface area contributed by atoms with Gasteiger partial charge in [0, 0.05) is 48.1 Å². The van der Waals surface area contributed by atoms with Crippen molar-refractivity contribution in [1.29, 1.82) is 0 Å². The third kappa shape index (κ3) is 6.76. The van der Waals surface area contributed by atoms with E-state index in [0.29, 0.717) is 37.5 Å². The molecule has 212 valence electrons. The van der Waals surface area contributed by atoms with Crippen molar-refractivity contribution in [3.8, 4) is 11.1 Å². The number of nitrogens with one attached hydrogen (secondary N) is 1. The van der Waals surface area contributed by atoms with Crippen molar-refractivity contribution in [2.75, 3.05) is 26.7 Å². The number of rotatable bonds is 9. The summed E-state index contributed by atoms with van der Waals surface area (Å²) >= 11 is 6.84. The molecule has 0 unspecified atom stereocenters. The first-order valence-corrected chi connectivity index (χ1v) is 14.6. The second-order valence-corrected chi connectivity index (χ2v) is 11.5. The zero-order valence-electron chi connectivity index (χ0n) is 23.1. The normalized spacial score (nSPS) is 22.8. The summed E-state index contributed by atoms with van der Waals surface area (Å²) < 4.78 is 4.71. The lowest BCUT2D eigenvalue weighted by Gasteiger charge is -2.44. The number of halogens is 1. The van der Waals surface area contributed by atoms with E-state index in [0.717, 1.165) is 55.2 Å². The van der Waals surface area contributed by atoms with Crippen molar-refractivity contribution in [3.05, 3.63) is 58.6 Å². The first-order valence-electron chi connectivity index (χ1n) is 14.2. The molecule has 0 aromatic heterocycles. The number of ether oxygens (including phenoxy) is 1. The molecular formula is C31H42ClN3O4. The number of nitrogens with two attached hydrogens (primary N) is 1. The molecule has 1 aliphatic heterocycles. The summed E-state index contributed by atoms with van der Waals surface area (Å²) in [7, 11) is 1.33. The summed E-state index contributed by atoms with van der Waals surface area (Å²) in [6, 6.07) is 14.1. The van der Waals surface area contributed by atoms with Crippen LogP contribution in [0.15, 0.2) is 42.5 Å². The Kier molecular flexibility index (Phi) is 9.91. The lowest BCUT2D eigenvalue weighted by atomic mass is 9.72. The highest BCUT2D eigenvalue weighted by Gasteiger charge is 2.44. The van der Waals surface area contributed by atoms with E-state index in [1.807, 2.05) is 35.2 Å². The van der Waals surface area contributed by atoms with Gasteiger partial charge in [-0.2, -0.15) is 0 Å². The van der Waals surface area contributed by atoms with Crippen LogP contribution < -0.4 is 11.1 Å². The van der Waals surface area contributed by atoms with Gasteiger partial charge in [0.25, 0.3) is 0 Å². The maximum Gasteiger partial charge on any atom is 0.406 e. The van der Waals surface area contributed by atoms with Crippen LogP contribution in [0.2, 0.25) is 5.02 Å². The Morgan fingerprint density at radius 2 is 2.00 bits per heavy atom. The average Bonchev–Trinajstić information content (AvgIpc) is 3.40. The summed E-state index contributed by atoms with van der Waals surface area (Å²) in [5, 5.41) is 16.0. The quantitative estimate of drug-likeness (QED) is 0.366. The number of alkyl carbamates (subject to hydrolysis) is 1. The number of aryl methyl sites for hydroxylation is 1. The van der Waals surface area contributed by atoms with Crippen molar-refractivity contribution in [2.24, 2.45) is 17.6 Å². The van der Waals surface area contributed by atoms with Crippen LogP contribution in [0, 0.1) is 11.8 Å². The van der Waals surface area contributed by atoms with E-state index in [9.17, 15) is 14.7 Å². The Bertz CT molecular complexity index is 1160. The Balaban J connectivity index is 1.69. The van der Waals surface area contributed by atoms with Crippen LogP contribution in [0.4, 0.5) is 4.79 Å². The fourth-order valence-corrected chi connectivity index (χ4v) is 6.65. The third-order valence-corrected chi connectivity index (χ3v) is 8.84. The van der Waals surface area contributed by atoms with Gasteiger partial charge < -0.3 is 25.8 Å². The Labute approximate surface area is 237 Å². The predicted molar refractivity (Wildman–Crippen MR) is 154 cm³/mol. The van der Waals surface area contributed by atoms with Gasteiger partial charge in [-0.1, -0.05) is 54.9 Å². The van der Waals surface area contributed by atoms with Gasteiger partial charge in [0.15, 0.2) is 0 Å². The highest BCUT2D eigenvalue weighted by atomic mass is 35.5. The van der Waals surface area contributed by atoms with E-state index < -0.39 is 11.7 Å². The number of likely N-dealkylation sites (tertiary alicyclic amines) is 1. The van der Waals surface area contributed by atoms with Crippen molar-refractivity contribution in [1.82, 2.24) is 10.2 Å². The number of benzene rings is 2. The Hall–Kier alpha value is -2.61. The monoisotopic (exact) mass is 555 g/mol. The van der Waals surface area contributed by atoms with Gasteiger partial charge in [0.1, 0.15) is 0 Å². The van der Waals surface area contributed by atoms with Crippen molar-refractivity contribution < 1.29 is 19.4 Å². The summed E-state index contributed by atoms with van der Waals surface area (Å²) in [5.41, 5.74) is 8.59. The molecule has 8 heteroatoms. The highest BCUT2D eigenvalue weighted by molar-refractivity contribution is 6.33. The average molecular weight is 556 g/mol. The van der Waals surface area contributed by atoms with Gasteiger partial charge in [-0.05, 0) is 74.1 Å². The molecule has 4 N–H and O–H groups in total. The molecule has 2 aromatic carbocycles. The molecule has 0 spiro atoms. The highest BCUT2D eigenvalue weighted by Crippen LogP contribution is 2.46. The summed E-state index contributed by atoms with van der Waals surface area (Å²) in [4.78, 5) is 27.0. The van der Waals surface area contributed by atoms with Crippen LogP contribution in [0.25, 0.3) is 11.1 Å². The van der Waals surface area contributed by atoms with Crippen LogP contribution in [-0.2, 0) is 21.6 Å². The van der Waals surface area contributed by atoms with Crippen LogP contribution in [0.3, 0.4) is 0 Å². The zero-order valence-corrected chi connectivity index (χ0v) is 23.9. The van der Waals surface area contributed by atoms with Crippen molar-refractivity contribution in [2.45, 2.75) is 69.9 Å². The number of piperidine rings is 1. The van der Waals surface area contributed by atoms with Crippen LogP contribution in [-0.4, -0.2) is 54.8 Å². The second-order valence-electron chi connectivity index (χ2n) is 11.1. The van der Waals surface area contributed by atoms with E-state index in [-0.39, 0.29) is 23.8 Å². The largest absolute Gasteiger partial charge is 0.453 e. The number of nitrogens with zero attached hydrogens (tertiary/aromatic N) is 1. The third-order valence-electron chi connectivity index (χ3n) is 8.52. The lowest BCUT2D eigenvalue weighted by Crippen LogP contribution is -2.49. The first kappa shape index (κ1) is 29.4. The zero-order chi connectivity index (χ0) is 28.0.